The van der Waals surface area contributed by atoms with Gasteiger partial charge in [-0.3, -0.25) is 4.79 Å². The zero-order valence-electron chi connectivity index (χ0n) is 11.0. The standard InChI is InChI=1S/C14H15F3N2O/c1-19(13(20)9-14(15,16)17)10-12-6-4-11(5-7-12)3-2-8-18/h4-7H,8-10,18H2,1H3. The Labute approximate surface area is 115 Å². The molecule has 0 saturated heterocycles. The Morgan fingerprint density at radius 2 is 1.90 bits per heavy atom. The van der Waals surface area contributed by atoms with E-state index in [0.717, 1.165) is 16.0 Å². The number of carbonyl (C=O) groups excluding carboxylic acids is 1. The van der Waals surface area contributed by atoms with Crippen LogP contribution in [0.1, 0.15) is 17.5 Å². The summed E-state index contributed by atoms with van der Waals surface area (Å²) in [6.07, 6.45) is -5.92. The van der Waals surface area contributed by atoms with Crippen molar-refractivity contribution >= 4 is 5.91 Å². The lowest BCUT2D eigenvalue weighted by Gasteiger charge is -2.18. The molecule has 0 fully saturated rings. The lowest BCUT2D eigenvalue weighted by Crippen LogP contribution is -2.30. The average Bonchev–Trinajstić information content (AvgIpc) is 2.36. The van der Waals surface area contributed by atoms with Gasteiger partial charge in [0.15, 0.2) is 0 Å². The monoisotopic (exact) mass is 284 g/mol. The third-order valence-corrected chi connectivity index (χ3v) is 2.49. The molecule has 20 heavy (non-hydrogen) atoms. The fraction of sp³-hybridized carbons (Fsp3) is 0.357. The average molecular weight is 284 g/mol. The van der Waals surface area contributed by atoms with E-state index in [1.807, 2.05) is 0 Å². The molecule has 0 bridgehead atoms. The van der Waals surface area contributed by atoms with E-state index in [9.17, 15) is 18.0 Å². The van der Waals surface area contributed by atoms with Crippen LogP contribution in [0.15, 0.2) is 24.3 Å². The molecule has 0 aromatic heterocycles. The van der Waals surface area contributed by atoms with Gasteiger partial charge in [0.05, 0.1) is 6.54 Å². The van der Waals surface area contributed by atoms with Crippen molar-refractivity contribution in [2.24, 2.45) is 5.73 Å². The Morgan fingerprint density at radius 1 is 1.30 bits per heavy atom. The highest BCUT2D eigenvalue weighted by Crippen LogP contribution is 2.20. The van der Waals surface area contributed by atoms with Crippen LogP contribution in [0.25, 0.3) is 0 Å². The summed E-state index contributed by atoms with van der Waals surface area (Å²) in [4.78, 5) is 12.4. The smallest absolute Gasteiger partial charge is 0.341 e. The molecule has 3 nitrogen and oxygen atoms in total. The molecule has 0 atom stereocenters. The highest BCUT2D eigenvalue weighted by molar-refractivity contribution is 5.76. The fourth-order valence-corrected chi connectivity index (χ4v) is 1.52. The quantitative estimate of drug-likeness (QED) is 0.862. The van der Waals surface area contributed by atoms with Gasteiger partial charge < -0.3 is 10.6 Å². The summed E-state index contributed by atoms with van der Waals surface area (Å²) in [6.45, 7) is 0.385. The molecule has 1 rings (SSSR count). The second kappa shape index (κ2) is 6.96. The van der Waals surface area contributed by atoms with Gasteiger partial charge in [-0.25, -0.2) is 0 Å². The van der Waals surface area contributed by atoms with Crippen molar-refractivity contribution in [3.8, 4) is 11.8 Å². The van der Waals surface area contributed by atoms with Crippen molar-refractivity contribution < 1.29 is 18.0 Å². The highest BCUT2D eigenvalue weighted by Gasteiger charge is 2.32. The molecule has 0 aliphatic rings. The van der Waals surface area contributed by atoms with Gasteiger partial charge in [0.1, 0.15) is 6.42 Å². The van der Waals surface area contributed by atoms with Crippen LogP contribution >= 0.6 is 0 Å². The van der Waals surface area contributed by atoms with E-state index < -0.39 is 18.5 Å². The Hall–Kier alpha value is -2.00. The minimum atomic E-state index is -4.48. The Morgan fingerprint density at radius 3 is 2.40 bits per heavy atom. The molecule has 0 saturated carbocycles. The predicted octanol–water partition coefficient (Wildman–Crippen LogP) is 1.91. The summed E-state index contributed by atoms with van der Waals surface area (Å²) in [5, 5.41) is 0. The fourth-order valence-electron chi connectivity index (χ4n) is 1.52. The van der Waals surface area contributed by atoms with Gasteiger partial charge in [-0.15, -0.1) is 0 Å². The number of carbonyl (C=O) groups is 1. The maximum atomic E-state index is 12.1. The second-order valence-electron chi connectivity index (χ2n) is 4.24. The molecule has 0 heterocycles. The number of hydrogen-bond donors (Lipinski definition) is 1. The molecule has 1 aromatic carbocycles. The first-order valence-corrected chi connectivity index (χ1v) is 5.90. The zero-order valence-corrected chi connectivity index (χ0v) is 11.0. The normalized spacial score (nSPS) is 10.7. The van der Waals surface area contributed by atoms with E-state index in [-0.39, 0.29) is 13.1 Å². The van der Waals surface area contributed by atoms with Crippen LogP contribution in [0.2, 0.25) is 0 Å². The number of nitrogens with two attached hydrogens (primary N) is 1. The van der Waals surface area contributed by atoms with E-state index in [4.69, 9.17) is 5.73 Å². The number of benzene rings is 1. The summed E-state index contributed by atoms with van der Waals surface area (Å²) in [7, 11) is 1.34. The third-order valence-electron chi connectivity index (χ3n) is 2.49. The molecule has 1 amide bonds. The molecular weight excluding hydrogens is 269 g/mol. The van der Waals surface area contributed by atoms with Crippen LogP contribution in [0.5, 0.6) is 0 Å². The van der Waals surface area contributed by atoms with E-state index >= 15 is 0 Å². The highest BCUT2D eigenvalue weighted by atomic mass is 19.4. The van der Waals surface area contributed by atoms with Crippen LogP contribution in [0.3, 0.4) is 0 Å². The topological polar surface area (TPSA) is 46.3 Å². The van der Waals surface area contributed by atoms with Gasteiger partial charge in [-0.05, 0) is 17.7 Å². The van der Waals surface area contributed by atoms with Crippen LogP contribution in [-0.2, 0) is 11.3 Å². The molecule has 6 heteroatoms. The van der Waals surface area contributed by atoms with E-state index in [2.05, 4.69) is 11.8 Å². The number of nitrogens with zero attached hydrogens (tertiary/aromatic N) is 1. The molecule has 0 aliphatic carbocycles. The van der Waals surface area contributed by atoms with E-state index in [1.165, 1.54) is 7.05 Å². The number of amides is 1. The SMILES string of the molecule is CN(Cc1ccc(C#CCN)cc1)C(=O)CC(F)(F)F. The Bertz CT molecular complexity index is 512. The van der Waals surface area contributed by atoms with Crippen molar-refractivity contribution in [3.63, 3.8) is 0 Å². The molecule has 0 unspecified atom stereocenters. The second-order valence-corrected chi connectivity index (χ2v) is 4.24. The van der Waals surface area contributed by atoms with Gasteiger partial charge in [-0.2, -0.15) is 13.2 Å². The first-order chi connectivity index (χ1) is 9.31. The van der Waals surface area contributed by atoms with Crippen molar-refractivity contribution in [2.45, 2.75) is 19.1 Å². The maximum Gasteiger partial charge on any atom is 0.397 e. The van der Waals surface area contributed by atoms with Gasteiger partial charge >= 0.3 is 6.18 Å². The van der Waals surface area contributed by atoms with Crippen molar-refractivity contribution in [1.82, 2.24) is 4.90 Å². The van der Waals surface area contributed by atoms with Gasteiger partial charge in [0.25, 0.3) is 0 Å². The van der Waals surface area contributed by atoms with Crippen LogP contribution in [0, 0.1) is 11.8 Å². The molecule has 2 N–H and O–H groups in total. The summed E-state index contributed by atoms with van der Waals surface area (Å²) in [6, 6.07) is 6.91. The first kappa shape index (κ1) is 16.1. The summed E-state index contributed by atoms with van der Waals surface area (Å²) in [5.41, 5.74) is 6.75. The van der Waals surface area contributed by atoms with E-state index in [1.54, 1.807) is 24.3 Å². The van der Waals surface area contributed by atoms with Crippen LogP contribution in [-0.4, -0.2) is 30.6 Å². The predicted molar refractivity (Wildman–Crippen MR) is 69.5 cm³/mol. The van der Waals surface area contributed by atoms with Gasteiger partial charge in [0, 0.05) is 19.2 Å². The molecule has 0 aliphatic heterocycles. The number of hydrogen-bond acceptors (Lipinski definition) is 2. The summed E-state index contributed by atoms with van der Waals surface area (Å²) >= 11 is 0. The first-order valence-electron chi connectivity index (χ1n) is 5.90. The molecular formula is C14H15F3N2O. The molecule has 1 aromatic rings. The Balaban J connectivity index is 2.62. The number of rotatable bonds is 3. The lowest BCUT2D eigenvalue weighted by molar-refractivity contribution is -0.160. The van der Waals surface area contributed by atoms with Crippen LogP contribution in [0.4, 0.5) is 13.2 Å². The largest absolute Gasteiger partial charge is 0.397 e. The van der Waals surface area contributed by atoms with Crippen LogP contribution < -0.4 is 5.73 Å². The Kier molecular flexibility index (Phi) is 5.59. The van der Waals surface area contributed by atoms with Crippen molar-refractivity contribution in [2.75, 3.05) is 13.6 Å². The van der Waals surface area contributed by atoms with Gasteiger partial charge in [-0.1, -0.05) is 24.0 Å². The van der Waals surface area contributed by atoms with E-state index in [0.29, 0.717) is 0 Å². The number of halogens is 3. The molecule has 0 spiro atoms. The zero-order chi connectivity index (χ0) is 15.2. The molecule has 0 radical (unpaired) electrons. The molecule has 108 valence electrons. The minimum Gasteiger partial charge on any atom is -0.341 e. The third kappa shape index (κ3) is 5.76. The van der Waals surface area contributed by atoms with Crippen molar-refractivity contribution in [3.05, 3.63) is 35.4 Å². The van der Waals surface area contributed by atoms with Gasteiger partial charge in [0.2, 0.25) is 5.91 Å². The minimum absolute atomic E-state index is 0.125. The maximum absolute atomic E-state index is 12.1. The summed E-state index contributed by atoms with van der Waals surface area (Å²) in [5.74, 6) is 4.58. The van der Waals surface area contributed by atoms with Crippen molar-refractivity contribution in [1.29, 1.82) is 0 Å². The summed E-state index contributed by atoms with van der Waals surface area (Å²) < 4.78 is 36.3. The lowest BCUT2D eigenvalue weighted by atomic mass is 10.1. The number of alkyl halides is 3.